The van der Waals surface area contributed by atoms with Crippen molar-refractivity contribution >= 4 is 17.8 Å². The fraction of sp³-hybridized carbons (Fsp3) is 0.348. The number of fused-ring (bicyclic) bond motifs is 1. The lowest BCUT2D eigenvalue weighted by molar-refractivity contribution is -0.193. The molecule has 17 heteroatoms. The van der Waals surface area contributed by atoms with Gasteiger partial charge in [-0.3, -0.25) is 19.4 Å². The molecule has 1 unspecified atom stereocenters. The number of carboxylic acid groups (broad SMARTS) is 2. The van der Waals surface area contributed by atoms with E-state index in [2.05, 4.69) is 37.1 Å². The average molecular weight is 579 g/mol. The summed E-state index contributed by atoms with van der Waals surface area (Å²) in [6.07, 6.45) is -2.31. The molecule has 0 aliphatic carbocycles. The number of pyridine rings is 1. The Kier molecular flexibility index (Phi) is 11.2. The molecule has 0 saturated heterocycles. The van der Waals surface area contributed by atoms with E-state index in [4.69, 9.17) is 24.2 Å². The van der Waals surface area contributed by atoms with Crippen LogP contribution in [0.4, 0.5) is 26.3 Å². The van der Waals surface area contributed by atoms with Crippen molar-refractivity contribution < 1.29 is 55.4 Å². The maximum atomic E-state index is 12.0. The van der Waals surface area contributed by atoms with Crippen LogP contribution in [0.15, 0.2) is 59.6 Å². The molecule has 11 nitrogen and oxygen atoms in total. The predicted molar refractivity (Wildman–Crippen MR) is 123 cm³/mol. The van der Waals surface area contributed by atoms with Gasteiger partial charge in [-0.2, -0.15) is 31.4 Å². The lowest BCUT2D eigenvalue weighted by Gasteiger charge is -2.34. The highest BCUT2D eigenvalue weighted by molar-refractivity contribution is 5.91. The maximum absolute atomic E-state index is 12.0. The Hall–Kier alpha value is -4.41. The van der Waals surface area contributed by atoms with E-state index in [-0.39, 0.29) is 11.9 Å². The predicted octanol–water partition coefficient (Wildman–Crippen LogP) is 3.51. The van der Waals surface area contributed by atoms with Crippen LogP contribution in [0.1, 0.15) is 34.3 Å². The number of rotatable bonds is 6. The Labute approximate surface area is 222 Å². The number of amides is 1. The fourth-order valence-corrected chi connectivity index (χ4v) is 3.40. The molecule has 1 aliphatic heterocycles. The van der Waals surface area contributed by atoms with Crippen molar-refractivity contribution in [3.8, 4) is 0 Å². The van der Waals surface area contributed by atoms with Gasteiger partial charge >= 0.3 is 24.3 Å². The number of aliphatic carboxylic acids is 2. The van der Waals surface area contributed by atoms with Crippen molar-refractivity contribution in [3.63, 3.8) is 0 Å². The second kappa shape index (κ2) is 14.1. The van der Waals surface area contributed by atoms with Gasteiger partial charge in [-0.05, 0) is 36.2 Å². The van der Waals surface area contributed by atoms with Crippen molar-refractivity contribution in [2.45, 2.75) is 37.9 Å². The number of hydrogen-bond acceptors (Lipinski definition) is 7. The third-order valence-corrected chi connectivity index (χ3v) is 5.07. The van der Waals surface area contributed by atoms with E-state index in [0.717, 1.165) is 26.1 Å². The van der Waals surface area contributed by atoms with Crippen LogP contribution in [0.5, 0.6) is 0 Å². The largest absolute Gasteiger partial charge is 0.490 e. The minimum Gasteiger partial charge on any atom is -0.475 e. The van der Waals surface area contributed by atoms with E-state index in [9.17, 15) is 31.1 Å². The van der Waals surface area contributed by atoms with Crippen molar-refractivity contribution in [1.82, 2.24) is 25.0 Å². The number of furan rings is 1. The Balaban J connectivity index is 0.000000333. The highest BCUT2D eigenvalue weighted by Crippen LogP contribution is 2.24. The fourth-order valence-electron chi connectivity index (χ4n) is 3.40. The SMILES string of the molecule is O=C(NCCC1CN(Cc2cccnc2)Cc2ccnn21)c1ccco1.O=C(O)C(F)(F)F.O=C(O)C(F)(F)F. The first-order chi connectivity index (χ1) is 18.7. The van der Waals surface area contributed by atoms with E-state index in [1.54, 1.807) is 18.3 Å². The summed E-state index contributed by atoms with van der Waals surface area (Å²) in [5.41, 5.74) is 2.40. The zero-order valence-electron chi connectivity index (χ0n) is 20.4. The molecule has 0 aromatic carbocycles. The second-order valence-corrected chi connectivity index (χ2v) is 8.08. The average Bonchev–Trinajstić information content (AvgIpc) is 3.57. The molecule has 218 valence electrons. The quantitative estimate of drug-likeness (QED) is 0.373. The Bertz CT molecular complexity index is 1210. The molecule has 3 N–H and O–H groups in total. The minimum absolute atomic E-state index is 0.182. The van der Waals surface area contributed by atoms with E-state index in [0.29, 0.717) is 12.3 Å². The van der Waals surface area contributed by atoms with E-state index in [1.165, 1.54) is 17.5 Å². The van der Waals surface area contributed by atoms with Gasteiger partial charge in [0.25, 0.3) is 5.91 Å². The Morgan fingerprint density at radius 1 is 1.00 bits per heavy atom. The van der Waals surface area contributed by atoms with Crippen molar-refractivity contribution in [2.24, 2.45) is 0 Å². The van der Waals surface area contributed by atoms with E-state index >= 15 is 0 Å². The van der Waals surface area contributed by atoms with Crippen LogP contribution in [0, 0.1) is 0 Å². The molecule has 0 saturated carbocycles. The van der Waals surface area contributed by atoms with Crippen LogP contribution >= 0.6 is 0 Å². The summed E-state index contributed by atoms with van der Waals surface area (Å²) >= 11 is 0. The van der Waals surface area contributed by atoms with Gasteiger partial charge in [0.15, 0.2) is 5.76 Å². The van der Waals surface area contributed by atoms with Gasteiger partial charge in [0.05, 0.1) is 18.0 Å². The standard InChI is InChI=1S/C19H21N5O2.2C2HF3O2/c25-19(18-4-2-10-26-18)21-8-5-16-13-23(12-15-3-1-7-20-11-15)14-17-6-9-22-24(16)17;2*3-2(4,5)1(6)7/h1-4,6-7,9-11,16H,5,8,12-14H2,(H,21,25);2*(H,6,7). The summed E-state index contributed by atoms with van der Waals surface area (Å²) in [4.78, 5) is 36.4. The summed E-state index contributed by atoms with van der Waals surface area (Å²) in [5, 5.41) is 21.6. The van der Waals surface area contributed by atoms with Crippen molar-refractivity contribution in [2.75, 3.05) is 13.1 Å². The lowest BCUT2D eigenvalue weighted by Crippen LogP contribution is -2.39. The molecule has 3 aromatic rings. The topological polar surface area (TPSA) is 151 Å². The third kappa shape index (κ3) is 10.4. The molecule has 0 bridgehead atoms. The molecule has 4 rings (SSSR count). The number of halogens is 6. The van der Waals surface area contributed by atoms with Crippen molar-refractivity contribution in [1.29, 1.82) is 0 Å². The summed E-state index contributed by atoms with van der Waals surface area (Å²) in [5.74, 6) is -5.36. The molecular formula is C23H23F6N5O6. The smallest absolute Gasteiger partial charge is 0.475 e. The molecule has 40 heavy (non-hydrogen) atoms. The maximum Gasteiger partial charge on any atom is 0.490 e. The summed E-state index contributed by atoms with van der Waals surface area (Å²) in [6, 6.07) is 9.72. The van der Waals surface area contributed by atoms with E-state index < -0.39 is 24.3 Å². The van der Waals surface area contributed by atoms with Gasteiger partial charge in [-0.15, -0.1) is 0 Å². The number of nitrogens with zero attached hydrogens (tertiary/aromatic N) is 4. The third-order valence-electron chi connectivity index (χ3n) is 5.07. The van der Waals surface area contributed by atoms with Crippen LogP contribution in [-0.2, 0) is 22.7 Å². The van der Waals surface area contributed by atoms with Gasteiger partial charge in [-0.1, -0.05) is 6.07 Å². The zero-order valence-corrected chi connectivity index (χ0v) is 20.4. The number of alkyl halides is 6. The Morgan fingerprint density at radius 2 is 1.65 bits per heavy atom. The van der Waals surface area contributed by atoms with Crippen LogP contribution in [0.2, 0.25) is 0 Å². The van der Waals surface area contributed by atoms with Crippen molar-refractivity contribution in [3.05, 3.63) is 72.2 Å². The molecule has 3 aromatic heterocycles. The molecule has 0 fully saturated rings. The van der Waals surface area contributed by atoms with Gasteiger partial charge in [0, 0.05) is 44.8 Å². The number of aromatic nitrogens is 3. The Morgan fingerprint density at radius 3 is 2.17 bits per heavy atom. The molecule has 1 amide bonds. The molecule has 0 radical (unpaired) electrons. The first kappa shape index (κ1) is 31.8. The van der Waals surface area contributed by atoms with Gasteiger partial charge in [0.2, 0.25) is 0 Å². The number of nitrogens with one attached hydrogen (secondary N) is 1. The van der Waals surface area contributed by atoms with Crippen LogP contribution in [0.25, 0.3) is 0 Å². The van der Waals surface area contributed by atoms with Gasteiger partial charge in [-0.25, -0.2) is 9.59 Å². The lowest BCUT2D eigenvalue weighted by atomic mass is 10.1. The summed E-state index contributed by atoms with van der Waals surface area (Å²) in [6.45, 7) is 3.18. The molecule has 1 aliphatic rings. The number of carbonyl (C=O) groups is 3. The van der Waals surface area contributed by atoms with Gasteiger partial charge in [0.1, 0.15) is 0 Å². The number of carbonyl (C=O) groups excluding carboxylic acids is 1. The zero-order chi connectivity index (χ0) is 29.9. The first-order valence-electron chi connectivity index (χ1n) is 11.2. The van der Waals surface area contributed by atoms with Gasteiger partial charge < -0.3 is 19.9 Å². The first-order valence-corrected chi connectivity index (χ1v) is 11.2. The normalized spacial score (nSPS) is 15.0. The number of hydrogen-bond donors (Lipinski definition) is 3. The molecule has 0 spiro atoms. The highest BCUT2D eigenvalue weighted by atomic mass is 19.4. The monoisotopic (exact) mass is 579 g/mol. The molecule has 4 heterocycles. The second-order valence-electron chi connectivity index (χ2n) is 8.08. The number of carboxylic acids is 2. The summed E-state index contributed by atoms with van der Waals surface area (Å²) in [7, 11) is 0. The summed E-state index contributed by atoms with van der Waals surface area (Å²) < 4.78 is 70.7. The van der Waals surface area contributed by atoms with E-state index in [1.807, 2.05) is 18.5 Å². The minimum atomic E-state index is -5.08. The highest BCUT2D eigenvalue weighted by Gasteiger charge is 2.38. The van der Waals surface area contributed by atoms with Crippen LogP contribution < -0.4 is 5.32 Å². The molecular weight excluding hydrogens is 556 g/mol. The van der Waals surface area contributed by atoms with Crippen LogP contribution in [0.3, 0.4) is 0 Å². The van der Waals surface area contributed by atoms with Crippen LogP contribution in [-0.4, -0.2) is 73.2 Å². The molecule has 1 atom stereocenters.